The van der Waals surface area contributed by atoms with Crippen molar-refractivity contribution < 1.29 is 4.74 Å². The fourth-order valence-corrected chi connectivity index (χ4v) is 3.57. The van der Waals surface area contributed by atoms with E-state index in [1.165, 1.54) is 6.42 Å². The Hall–Kier alpha value is -2.67. The number of methoxy groups -OCH3 is 1. The third-order valence-corrected chi connectivity index (χ3v) is 5.06. The van der Waals surface area contributed by atoms with Gasteiger partial charge in [0.2, 0.25) is 0 Å². The maximum atomic E-state index is 5.25. The Morgan fingerprint density at radius 3 is 3.04 bits per heavy atom. The van der Waals surface area contributed by atoms with Crippen molar-refractivity contribution in [3.8, 4) is 17.1 Å². The lowest BCUT2D eigenvalue weighted by Crippen LogP contribution is -2.70. The molecule has 2 N–H and O–H groups in total. The smallest absolute Gasteiger partial charge is 0.145 e. The number of hydrogen-bond acceptors (Lipinski definition) is 6. The quantitative estimate of drug-likeness (QED) is 0.759. The fraction of sp³-hybridized carbons (Fsp3) is 0.353. The summed E-state index contributed by atoms with van der Waals surface area (Å²) in [6.45, 7) is 1.15. The zero-order valence-corrected chi connectivity index (χ0v) is 13.3. The number of piperidine rings is 1. The van der Waals surface area contributed by atoms with Crippen LogP contribution >= 0.6 is 0 Å². The number of ether oxygens (including phenoxy) is 1. The van der Waals surface area contributed by atoms with Crippen LogP contribution in [0.1, 0.15) is 6.42 Å². The minimum atomic E-state index is 0.458. The largest absolute Gasteiger partial charge is 0.497 e. The van der Waals surface area contributed by atoms with E-state index < -0.39 is 0 Å². The second-order valence-corrected chi connectivity index (χ2v) is 6.41. The predicted octanol–water partition coefficient (Wildman–Crippen LogP) is 1.57. The second kappa shape index (κ2) is 5.17. The predicted molar refractivity (Wildman–Crippen MR) is 90.1 cm³/mol. The Bertz CT molecular complexity index is 907. The SMILES string of the molecule is COc1ccn2c(-c3cncc(N[C@@H]4CC5CNC54)n3)cnc2c1. The van der Waals surface area contributed by atoms with Crippen LogP contribution in [0.5, 0.6) is 5.75 Å². The Labute approximate surface area is 139 Å². The Balaban J connectivity index is 1.45. The highest BCUT2D eigenvalue weighted by molar-refractivity contribution is 5.61. The molecule has 0 bridgehead atoms. The highest BCUT2D eigenvalue weighted by Crippen LogP contribution is 2.36. The minimum Gasteiger partial charge on any atom is -0.497 e. The van der Waals surface area contributed by atoms with Gasteiger partial charge in [0.15, 0.2) is 0 Å². The summed E-state index contributed by atoms with van der Waals surface area (Å²) in [5.41, 5.74) is 2.54. The maximum Gasteiger partial charge on any atom is 0.145 e. The molecule has 2 unspecified atom stereocenters. The average molecular weight is 322 g/mol. The van der Waals surface area contributed by atoms with Gasteiger partial charge < -0.3 is 15.4 Å². The molecule has 1 saturated carbocycles. The van der Waals surface area contributed by atoms with Crippen molar-refractivity contribution in [2.75, 3.05) is 19.0 Å². The van der Waals surface area contributed by atoms with Gasteiger partial charge in [0.25, 0.3) is 0 Å². The minimum absolute atomic E-state index is 0.458. The molecule has 7 nitrogen and oxygen atoms in total. The molecule has 5 rings (SSSR count). The van der Waals surface area contributed by atoms with E-state index in [2.05, 4.69) is 20.6 Å². The molecule has 122 valence electrons. The van der Waals surface area contributed by atoms with Gasteiger partial charge in [-0.2, -0.15) is 0 Å². The first-order valence-electron chi connectivity index (χ1n) is 8.15. The van der Waals surface area contributed by atoms with Crippen molar-refractivity contribution in [1.29, 1.82) is 0 Å². The molecule has 0 aromatic carbocycles. The molecule has 3 aromatic rings. The Morgan fingerprint density at radius 1 is 1.33 bits per heavy atom. The molecule has 0 amide bonds. The van der Waals surface area contributed by atoms with Gasteiger partial charge in [0.05, 0.1) is 31.4 Å². The summed E-state index contributed by atoms with van der Waals surface area (Å²) in [4.78, 5) is 13.5. The van der Waals surface area contributed by atoms with Gasteiger partial charge in [0, 0.05) is 24.3 Å². The Kier molecular flexibility index (Phi) is 2.96. The second-order valence-electron chi connectivity index (χ2n) is 6.41. The summed E-state index contributed by atoms with van der Waals surface area (Å²) in [7, 11) is 1.65. The summed E-state index contributed by atoms with van der Waals surface area (Å²) in [5.74, 6) is 2.44. The number of anilines is 1. The van der Waals surface area contributed by atoms with E-state index in [-0.39, 0.29) is 0 Å². The molecule has 1 aliphatic heterocycles. The normalized spacial score (nSPS) is 24.8. The molecule has 1 saturated heterocycles. The first-order chi connectivity index (χ1) is 11.8. The van der Waals surface area contributed by atoms with Crippen LogP contribution in [0.15, 0.2) is 36.9 Å². The molecule has 1 aliphatic carbocycles. The number of rotatable bonds is 4. The fourth-order valence-electron chi connectivity index (χ4n) is 3.57. The molecule has 4 heterocycles. The number of fused-ring (bicyclic) bond motifs is 2. The lowest BCUT2D eigenvalue weighted by molar-refractivity contribution is 0.0910. The number of hydrogen-bond donors (Lipinski definition) is 2. The highest BCUT2D eigenvalue weighted by Gasteiger charge is 2.47. The monoisotopic (exact) mass is 322 g/mol. The highest BCUT2D eigenvalue weighted by atomic mass is 16.5. The van der Waals surface area contributed by atoms with Crippen molar-refractivity contribution >= 4 is 11.5 Å². The summed E-state index contributed by atoms with van der Waals surface area (Å²) < 4.78 is 7.24. The van der Waals surface area contributed by atoms with Gasteiger partial charge in [-0.25, -0.2) is 9.97 Å². The lowest BCUT2D eigenvalue weighted by atomic mass is 9.69. The molecule has 0 radical (unpaired) electrons. The number of imidazole rings is 1. The van der Waals surface area contributed by atoms with E-state index in [1.807, 2.05) is 28.9 Å². The Morgan fingerprint density at radius 2 is 2.29 bits per heavy atom. The van der Waals surface area contributed by atoms with Crippen LogP contribution < -0.4 is 15.4 Å². The van der Waals surface area contributed by atoms with Gasteiger partial charge in [-0.05, 0) is 24.9 Å². The molecule has 2 aliphatic rings. The third kappa shape index (κ3) is 2.05. The van der Waals surface area contributed by atoms with Crippen LogP contribution in [0.2, 0.25) is 0 Å². The molecule has 3 atom stereocenters. The summed E-state index contributed by atoms with van der Waals surface area (Å²) >= 11 is 0. The van der Waals surface area contributed by atoms with Crippen molar-refractivity contribution in [2.24, 2.45) is 5.92 Å². The van der Waals surface area contributed by atoms with E-state index in [0.29, 0.717) is 12.1 Å². The van der Waals surface area contributed by atoms with E-state index >= 15 is 0 Å². The molecule has 7 heteroatoms. The first kappa shape index (κ1) is 13.7. The zero-order chi connectivity index (χ0) is 16.1. The van der Waals surface area contributed by atoms with Gasteiger partial charge in [-0.15, -0.1) is 0 Å². The van der Waals surface area contributed by atoms with Crippen LogP contribution in [0.3, 0.4) is 0 Å². The van der Waals surface area contributed by atoms with Crippen molar-refractivity contribution in [3.05, 3.63) is 36.9 Å². The van der Waals surface area contributed by atoms with Crippen LogP contribution in [0.4, 0.5) is 5.82 Å². The van der Waals surface area contributed by atoms with Gasteiger partial charge >= 0.3 is 0 Å². The molecule has 3 aromatic heterocycles. The van der Waals surface area contributed by atoms with Crippen molar-refractivity contribution in [3.63, 3.8) is 0 Å². The summed E-state index contributed by atoms with van der Waals surface area (Å²) in [5, 5.41) is 6.95. The van der Waals surface area contributed by atoms with E-state index in [1.54, 1.807) is 19.5 Å². The lowest BCUT2D eigenvalue weighted by Gasteiger charge is -2.53. The topological polar surface area (TPSA) is 76.4 Å². The number of nitrogens with one attached hydrogen (secondary N) is 2. The third-order valence-electron chi connectivity index (χ3n) is 5.06. The molecular weight excluding hydrogens is 304 g/mol. The first-order valence-corrected chi connectivity index (χ1v) is 8.15. The van der Waals surface area contributed by atoms with E-state index in [0.717, 1.165) is 41.1 Å². The molecular formula is C17H18N6O. The van der Waals surface area contributed by atoms with Crippen LogP contribution in [0, 0.1) is 5.92 Å². The number of aromatic nitrogens is 4. The van der Waals surface area contributed by atoms with Gasteiger partial charge in [-0.1, -0.05) is 0 Å². The van der Waals surface area contributed by atoms with Gasteiger partial charge in [-0.3, -0.25) is 9.38 Å². The van der Waals surface area contributed by atoms with Crippen molar-refractivity contribution in [1.82, 2.24) is 24.7 Å². The average Bonchev–Trinajstić information content (AvgIpc) is 3.02. The molecule has 0 spiro atoms. The standard InChI is InChI=1S/C17H18N6O/c1-24-11-2-3-23-14(8-19-16(23)5-11)13-7-18-9-15(22-13)21-12-4-10-6-20-17(10)12/h2-3,5,7-10,12,17,20H,4,6H2,1H3,(H,21,22)/t10?,12-,17?/m1/s1. The van der Waals surface area contributed by atoms with E-state index in [4.69, 9.17) is 9.72 Å². The molecule has 2 fully saturated rings. The zero-order valence-electron chi connectivity index (χ0n) is 13.3. The van der Waals surface area contributed by atoms with Gasteiger partial charge in [0.1, 0.15) is 22.9 Å². The summed E-state index contributed by atoms with van der Waals surface area (Å²) in [6.07, 6.45) is 8.51. The summed E-state index contributed by atoms with van der Waals surface area (Å²) in [6, 6.07) is 4.86. The number of pyridine rings is 1. The van der Waals surface area contributed by atoms with Crippen LogP contribution in [-0.2, 0) is 0 Å². The number of nitrogens with zero attached hydrogens (tertiary/aromatic N) is 4. The van der Waals surface area contributed by atoms with Crippen molar-refractivity contribution in [2.45, 2.75) is 18.5 Å². The van der Waals surface area contributed by atoms with Crippen LogP contribution in [0.25, 0.3) is 17.0 Å². The maximum absolute atomic E-state index is 5.25. The molecule has 24 heavy (non-hydrogen) atoms. The van der Waals surface area contributed by atoms with Crippen LogP contribution in [-0.4, -0.2) is 45.1 Å². The van der Waals surface area contributed by atoms with E-state index in [9.17, 15) is 0 Å².